The monoisotopic (exact) mass is 401 g/mol. The first-order valence-corrected chi connectivity index (χ1v) is 9.93. The van der Waals surface area contributed by atoms with Crippen LogP contribution >= 0.6 is 0 Å². The Bertz CT molecular complexity index is 1010. The Morgan fingerprint density at radius 2 is 1.77 bits per heavy atom. The van der Waals surface area contributed by atoms with Gasteiger partial charge in [0.15, 0.2) is 0 Å². The van der Waals surface area contributed by atoms with E-state index < -0.39 is 0 Å². The van der Waals surface area contributed by atoms with E-state index in [0.717, 1.165) is 23.4 Å². The van der Waals surface area contributed by atoms with Crippen molar-refractivity contribution in [3.05, 3.63) is 89.7 Å². The molecule has 1 aromatic heterocycles. The highest BCUT2D eigenvalue weighted by atomic mass is 16.1. The van der Waals surface area contributed by atoms with Crippen LogP contribution in [0.2, 0.25) is 0 Å². The summed E-state index contributed by atoms with van der Waals surface area (Å²) >= 11 is 0. The number of anilines is 2. The van der Waals surface area contributed by atoms with Gasteiger partial charge >= 0.3 is 0 Å². The van der Waals surface area contributed by atoms with Gasteiger partial charge in [-0.15, -0.1) is 0 Å². The first kappa shape index (κ1) is 21.0. The van der Waals surface area contributed by atoms with Crippen LogP contribution in [0.3, 0.4) is 0 Å². The number of aryl methyl sites for hydroxylation is 1. The number of hydrogen-bond acceptors (Lipinski definition) is 4. The van der Waals surface area contributed by atoms with Crippen molar-refractivity contribution in [2.75, 3.05) is 24.3 Å². The average molecular weight is 402 g/mol. The van der Waals surface area contributed by atoms with Crippen LogP contribution in [0, 0.1) is 0 Å². The van der Waals surface area contributed by atoms with Crippen molar-refractivity contribution < 1.29 is 4.79 Å². The molecule has 0 aliphatic carbocycles. The molecular formula is C24H27N5O. The van der Waals surface area contributed by atoms with Crippen LogP contribution in [-0.2, 0) is 13.0 Å². The molecule has 2 aromatic carbocycles. The maximum atomic E-state index is 12.9. The fourth-order valence-electron chi connectivity index (χ4n) is 2.88. The van der Waals surface area contributed by atoms with Gasteiger partial charge in [-0.05, 0) is 60.0 Å². The normalized spacial score (nSPS) is 11.1. The molecule has 1 amide bonds. The molecule has 30 heavy (non-hydrogen) atoms. The number of benzene rings is 2. The minimum atomic E-state index is -0.216. The Hall–Kier alpha value is -3.67. The zero-order valence-electron chi connectivity index (χ0n) is 17.6. The zero-order chi connectivity index (χ0) is 21.3. The van der Waals surface area contributed by atoms with E-state index in [1.807, 2.05) is 61.5 Å². The van der Waals surface area contributed by atoms with E-state index in [0.29, 0.717) is 18.1 Å². The Kier molecular flexibility index (Phi) is 7.16. The van der Waals surface area contributed by atoms with Crippen molar-refractivity contribution in [1.29, 1.82) is 0 Å². The molecule has 1 heterocycles. The van der Waals surface area contributed by atoms with Crippen LogP contribution in [0.15, 0.2) is 78.0 Å². The van der Waals surface area contributed by atoms with Gasteiger partial charge in [0, 0.05) is 43.4 Å². The van der Waals surface area contributed by atoms with Crippen molar-refractivity contribution in [2.45, 2.75) is 19.9 Å². The van der Waals surface area contributed by atoms with E-state index in [1.54, 1.807) is 18.5 Å². The number of carbonyl (C=O) groups excluding carboxylic acids is 1. The number of nitrogens with one attached hydrogen (secondary N) is 2. The maximum Gasteiger partial charge on any atom is 0.258 e. The Morgan fingerprint density at radius 3 is 2.50 bits per heavy atom. The summed E-state index contributed by atoms with van der Waals surface area (Å²) in [5.41, 5.74) is 4.63. The second kappa shape index (κ2) is 10.2. The Balaban J connectivity index is 1.82. The summed E-state index contributed by atoms with van der Waals surface area (Å²) in [6.45, 7) is 2.54. The summed E-state index contributed by atoms with van der Waals surface area (Å²) < 4.78 is 0. The fraction of sp³-hybridized carbons (Fsp3) is 0.208. The van der Waals surface area contributed by atoms with Crippen LogP contribution in [0.25, 0.3) is 0 Å². The number of rotatable bonds is 6. The van der Waals surface area contributed by atoms with Gasteiger partial charge in [-0.1, -0.05) is 25.1 Å². The number of aromatic nitrogens is 1. The van der Waals surface area contributed by atoms with Gasteiger partial charge in [-0.2, -0.15) is 0 Å². The van der Waals surface area contributed by atoms with Gasteiger partial charge in [0.05, 0.1) is 6.54 Å². The third-order valence-electron chi connectivity index (χ3n) is 4.62. The highest BCUT2D eigenvalue weighted by Gasteiger charge is 2.11. The molecule has 0 radical (unpaired) electrons. The van der Waals surface area contributed by atoms with E-state index in [9.17, 15) is 4.79 Å². The van der Waals surface area contributed by atoms with Crippen LogP contribution < -0.4 is 15.5 Å². The molecule has 0 atom stereocenters. The van der Waals surface area contributed by atoms with Crippen molar-refractivity contribution >= 4 is 23.2 Å². The van der Waals surface area contributed by atoms with E-state index >= 15 is 0 Å². The number of nitrogens with zero attached hydrogens (tertiary/aromatic N) is 3. The van der Waals surface area contributed by atoms with E-state index in [4.69, 9.17) is 0 Å². The predicted molar refractivity (Wildman–Crippen MR) is 123 cm³/mol. The smallest absolute Gasteiger partial charge is 0.258 e. The third-order valence-corrected chi connectivity index (χ3v) is 4.62. The molecule has 2 N–H and O–H groups in total. The fourth-order valence-corrected chi connectivity index (χ4v) is 2.88. The minimum absolute atomic E-state index is 0.216. The molecule has 3 aromatic rings. The van der Waals surface area contributed by atoms with Gasteiger partial charge in [-0.25, -0.2) is 4.99 Å². The van der Waals surface area contributed by atoms with Gasteiger partial charge < -0.3 is 10.2 Å². The first-order valence-electron chi connectivity index (χ1n) is 9.93. The minimum Gasteiger partial charge on any atom is -0.378 e. The van der Waals surface area contributed by atoms with Gasteiger partial charge in [-0.3, -0.25) is 15.1 Å². The number of amides is 1. The SMILES string of the molecule is CCc1cccc(NC(=NCc2ccncc2)NC(=O)c2cccc(N(C)C)c2)c1. The van der Waals surface area contributed by atoms with Crippen LogP contribution in [-0.4, -0.2) is 30.9 Å². The quantitative estimate of drug-likeness (QED) is 0.482. The first-order chi connectivity index (χ1) is 14.5. The van der Waals surface area contributed by atoms with Crippen molar-refractivity contribution in [1.82, 2.24) is 10.3 Å². The van der Waals surface area contributed by atoms with Crippen molar-refractivity contribution in [3.63, 3.8) is 0 Å². The van der Waals surface area contributed by atoms with E-state index in [1.165, 1.54) is 5.56 Å². The molecular weight excluding hydrogens is 374 g/mol. The van der Waals surface area contributed by atoms with Crippen molar-refractivity contribution in [3.8, 4) is 0 Å². The summed E-state index contributed by atoms with van der Waals surface area (Å²) in [6.07, 6.45) is 4.39. The van der Waals surface area contributed by atoms with Crippen LogP contribution in [0.1, 0.15) is 28.4 Å². The standard InChI is InChI=1S/C24H27N5O/c1-4-18-7-5-9-21(15-18)27-24(26-17-19-11-13-25-14-12-19)28-23(30)20-8-6-10-22(16-20)29(2)3/h5-16H,4,17H2,1-3H3,(H2,26,27,28,30). The molecule has 0 spiro atoms. The molecule has 0 bridgehead atoms. The lowest BCUT2D eigenvalue weighted by Gasteiger charge is -2.15. The molecule has 154 valence electrons. The lowest BCUT2D eigenvalue weighted by atomic mass is 10.1. The van der Waals surface area contributed by atoms with Crippen molar-refractivity contribution in [2.24, 2.45) is 4.99 Å². The van der Waals surface area contributed by atoms with E-state index in [-0.39, 0.29) is 5.91 Å². The molecule has 3 rings (SSSR count). The number of carbonyl (C=O) groups is 1. The highest BCUT2D eigenvalue weighted by molar-refractivity contribution is 6.10. The Morgan fingerprint density at radius 1 is 1.00 bits per heavy atom. The van der Waals surface area contributed by atoms with E-state index in [2.05, 4.69) is 39.7 Å². The molecule has 0 aliphatic heterocycles. The Labute approximate surface area is 177 Å². The number of guanidine groups is 1. The molecule has 0 saturated heterocycles. The highest BCUT2D eigenvalue weighted by Crippen LogP contribution is 2.14. The lowest BCUT2D eigenvalue weighted by Crippen LogP contribution is -2.36. The third kappa shape index (κ3) is 5.91. The predicted octanol–water partition coefficient (Wildman–Crippen LogP) is 4.11. The van der Waals surface area contributed by atoms with Gasteiger partial charge in [0.2, 0.25) is 5.96 Å². The number of hydrogen-bond donors (Lipinski definition) is 2. The summed E-state index contributed by atoms with van der Waals surface area (Å²) in [4.78, 5) is 23.5. The average Bonchev–Trinajstić information content (AvgIpc) is 2.78. The van der Waals surface area contributed by atoms with Gasteiger partial charge in [0.1, 0.15) is 0 Å². The topological polar surface area (TPSA) is 69.6 Å². The second-order valence-electron chi connectivity index (χ2n) is 7.10. The number of pyridine rings is 1. The summed E-state index contributed by atoms with van der Waals surface area (Å²) in [6, 6.07) is 19.4. The molecule has 6 nitrogen and oxygen atoms in total. The van der Waals surface area contributed by atoms with Crippen LogP contribution in [0.4, 0.5) is 11.4 Å². The molecule has 0 fully saturated rings. The van der Waals surface area contributed by atoms with Gasteiger partial charge in [0.25, 0.3) is 5.91 Å². The zero-order valence-corrected chi connectivity index (χ0v) is 17.6. The molecule has 0 unspecified atom stereocenters. The molecule has 0 saturated carbocycles. The maximum absolute atomic E-state index is 12.9. The lowest BCUT2D eigenvalue weighted by molar-refractivity contribution is 0.0977. The summed E-state index contributed by atoms with van der Waals surface area (Å²) in [5, 5.41) is 6.18. The summed E-state index contributed by atoms with van der Waals surface area (Å²) in [5.74, 6) is 0.187. The van der Waals surface area contributed by atoms with Crippen LogP contribution in [0.5, 0.6) is 0 Å². The largest absolute Gasteiger partial charge is 0.378 e. The summed E-state index contributed by atoms with van der Waals surface area (Å²) in [7, 11) is 3.89. The number of aliphatic imine (C=N–C) groups is 1. The second-order valence-corrected chi connectivity index (χ2v) is 7.10. The molecule has 0 aliphatic rings. The molecule has 6 heteroatoms.